The minimum atomic E-state index is -0.253. The Morgan fingerprint density at radius 1 is 1.26 bits per heavy atom. The lowest BCUT2D eigenvalue weighted by Gasteiger charge is -2.22. The van der Waals surface area contributed by atoms with E-state index < -0.39 is 0 Å². The summed E-state index contributed by atoms with van der Waals surface area (Å²) in [7, 11) is 0. The first-order chi connectivity index (χ1) is 11.3. The Balaban J connectivity index is 1.50. The van der Waals surface area contributed by atoms with Crippen LogP contribution in [-0.2, 0) is 6.54 Å². The summed E-state index contributed by atoms with van der Waals surface area (Å²) in [5, 5.41) is 2.13. The molecule has 1 saturated heterocycles. The van der Waals surface area contributed by atoms with Crippen molar-refractivity contribution in [3.63, 3.8) is 0 Å². The molecule has 118 valence electrons. The average Bonchev–Trinajstić information content (AvgIpc) is 3.29. The van der Waals surface area contributed by atoms with E-state index in [-0.39, 0.29) is 5.82 Å². The van der Waals surface area contributed by atoms with Crippen LogP contribution < -0.4 is 0 Å². The number of oxazole rings is 1. The van der Waals surface area contributed by atoms with Gasteiger partial charge < -0.3 is 4.42 Å². The predicted octanol–water partition coefficient (Wildman–Crippen LogP) is 4.88. The summed E-state index contributed by atoms with van der Waals surface area (Å²) in [4.78, 5) is 8.44. The van der Waals surface area contributed by atoms with Crippen LogP contribution in [0.1, 0.15) is 29.5 Å². The molecule has 0 radical (unpaired) electrons. The van der Waals surface area contributed by atoms with Crippen LogP contribution in [0.15, 0.2) is 52.5 Å². The largest absolute Gasteiger partial charge is 0.444 e. The fourth-order valence-electron chi connectivity index (χ4n) is 3.13. The quantitative estimate of drug-likeness (QED) is 0.683. The number of nitrogens with zero attached hydrogens (tertiary/aromatic N) is 2. The Labute approximate surface area is 138 Å². The van der Waals surface area contributed by atoms with Crippen LogP contribution in [0.25, 0.3) is 11.5 Å². The van der Waals surface area contributed by atoms with Crippen molar-refractivity contribution in [2.75, 3.05) is 6.54 Å². The molecule has 0 saturated carbocycles. The molecule has 1 aromatic carbocycles. The van der Waals surface area contributed by atoms with Gasteiger partial charge in [0.1, 0.15) is 12.1 Å². The van der Waals surface area contributed by atoms with E-state index in [2.05, 4.69) is 27.4 Å². The molecule has 1 atom stereocenters. The molecule has 0 N–H and O–H groups in total. The number of hydrogen-bond acceptors (Lipinski definition) is 4. The summed E-state index contributed by atoms with van der Waals surface area (Å²) in [5.74, 6) is 0.295. The number of halogens is 1. The van der Waals surface area contributed by atoms with Gasteiger partial charge in [-0.3, -0.25) is 4.90 Å². The molecule has 3 heterocycles. The first kappa shape index (κ1) is 14.6. The summed E-state index contributed by atoms with van der Waals surface area (Å²) in [5.41, 5.74) is 1.72. The maximum atomic E-state index is 13.0. The van der Waals surface area contributed by atoms with Crippen molar-refractivity contribution in [2.45, 2.75) is 25.4 Å². The Bertz CT molecular complexity index is 767. The van der Waals surface area contributed by atoms with Crippen molar-refractivity contribution in [3.05, 3.63) is 64.4 Å². The van der Waals surface area contributed by atoms with Crippen molar-refractivity contribution >= 4 is 11.3 Å². The second kappa shape index (κ2) is 6.26. The molecular formula is C18H17FN2OS. The van der Waals surface area contributed by atoms with Crippen molar-refractivity contribution in [1.29, 1.82) is 0 Å². The van der Waals surface area contributed by atoms with Gasteiger partial charge in [0.2, 0.25) is 5.89 Å². The van der Waals surface area contributed by atoms with E-state index in [1.54, 1.807) is 18.4 Å². The number of benzene rings is 1. The van der Waals surface area contributed by atoms with Crippen molar-refractivity contribution in [3.8, 4) is 11.5 Å². The van der Waals surface area contributed by atoms with Crippen molar-refractivity contribution in [1.82, 2.24) is 9.88 Å². The van der Waals surface area contributed by atoms with Crippen LogP contribution in [0, 0.1) is 5.82 Å². The minimum absolute atomic E-state index is 0.253. The maximum absolute atomic E-state index is 13.0. The fourth-order valence-corrected chi connectivity index (χ4v) is 4.03. The maximum Gasteiger partial charge on any atom is 0.226 e. The summed E-state index contributed by atoms with van der Waals surface area (Å²) in [6, 6.07) is 11.0. The zero-order valence-electron chi connectivity index (χ0n) is 12.6. The predicted molar refractivity (Wildman–Crippen MR) is 88.6 cm³/mol. The van der Waals surface area contributed by atoms with Crippen LogP contribution >= 0.6 is 11.3 Å². The van der Waals surface area contributed by atoms with Gasteiger partial charge in [0.05, 0.1) is 5.69 Å². The number of rotatable bonds is 4. The van der Waals surface area contributed by atoms with Gasteiger partial charge in [-0.05, 0) is 55.1 Å². The fraction of sp³-hybridized carbons (Fsp3) is 0.278. The molecule has 1 fully saturated rings. The van der Waals surface area contributed by atoms with E-state index in [9.17, 15) is 4.39 Å². The van der Waals surface area contributed by atoms with E-state index in [0.29, 0.717) is 11.9 Å². The van der Waals surface area contributed by atoms with E-state index in [1.807, 2.05) is 11.3 Å². The standard InChI is InChI=1S/C18H17FN2OS/c19-14-7-5-13(6-8-14)18-20-15(12-22-18)11-21-9-1-3-16(21)17-4-2-10-23-17/h2,4-8,10,12,16H,1,3,9,11H2/t16-/m1/s1. The third-order valence-corrected chi connectivity index (χ3v) is 5.22. The van der Waals surface area contributed by atoms with Crippen LogP contribution in [0.3, 0.4) is 0 Å². The average molecular weight is 328 g/mol. The lowest BCUT2D eigenvalue weighted by molar-refractivity contribution is 0.248. The van der Waals surface area contributed by atoms with Crippen molar-refractivity contribution in [2.24, 2.45) is 0 Å². The number of thiophene rings is 1. The third-order valence-electron chi connectivity index (χ3n) is 4.24. The molecule has 1 aliphatic rings. The molecular weight excluding hydrogens is 311 g/mol. The van der Waals surface area contributed by atoms with E-state index >= 15 is 0 Å². The Hall–Kier alpha value is -1.98. The molecule has 4 rings (SSSR count). The molecule has 1 aliphatic heterocycles. The van der Waals surface area contributed by atoms with E-state index in [4.69, 9.17) is 4.42 Å². The Kier molecular flexibility index (Phi) is 3.97. The second-order valence-electron chi connectivity index (χ2n) is 5.79. The van der Waals surface area contributed by atoms with Gasteiger partial charge in [0.25, 0.3) is 0 Å². The summed E-state index contributed by atoms with van der Waals surface area (Å²) in [6.45, 7) is 1.87. The highest BCUT2D eigenvalue weighted by atomic mass is 32.1. The summed E-state index contributed by atoms with van der Waals surface area (Å²) >= 11 is 1.82. The SMILES string of the molecule is Fc1ccc(-c2nc(CN3CCC[C@@H]3c3cccs3)co2)cc1. The van der Waals surface area contributed by atoms with Crippen LogP contribution in [-0.4, -0.2) is 16.4 Å². The highest BCUT2D eigenvalue weighted by Crippen LogP contribution is 2.35. The Morgan fingerprint density at radius 2 is 2.13 bits per heavy atom. The first-order valence-corrected chi connectivity index (χ1v) is 8.65. The lowest BCUT2D eigenvalue weighted by Crippen LogP contribution is -2.22. The summed E-state index contributed by atoms with van der Waals surface area (Å²) in [6.07, 6.45) is 4.12. The zero-order chi connectivity index (χ0) is 15.6. The van der Waals surface area contributed by atoms with Gasteiger partial charge in [-0.2, -0.15) is 0 Å². The highest BCUT2D eigenvalue weighted by Gasteiger charge is 2.27. The van der Waals surface area contributed by atoms with Crippen molar-refractivity contribution < 1.29 is 8.81 Å². The van der Waals surface area contributed by atoms with Gasteiger partial charge in [0, 0.05) is 23.0 Å². The Morgan fingerprint density at radius 3 is 2.91 bits per heavy atom. The molecule has 23 heavy (non-hydrogen) atoms. The van der Waals surface area contributed by atoms with E-state index in [1.165, 1.54) is 29.9 Å². The highest BCUT2D eigenvalue weighted by molar-refractivity contribution is 7.10. The molecule has 2 aromatic heterocycles. The van der Waals surface area contributed by atoms with Crippen LogP contribution in [0.5, 0.6) is 0 Å². The molecule has 0 amide bonds. The molecule has 0 spiro atoms. The number of hydrogen-bond donors (Lipinski definition) is 0. The topological polar surface area (TPSA) is 29.3 Å². The van der Waals surface area contributed by atoms with Crippen LogP contribution in [0.4, 0.5) is 4.39 Å². The first-order valence-electron chi connectivity index (χ1n) is 7.77. The normalized spacial score (nSPS) is 18.6. The summed E-state index contributed by atoms with van der Waals surface area (Å²) < 4.78 is 18.6. The molecule has 3 aromatic rings. The van der Waals surface area contributed by atoms with Gasteiger partial charge in [-0.25, -0.2) is 9.37 Å². The molecule has 0 aliphatic carbocycles. The monoisotopic (exact) mass is 328 g/mol. The van der Waals surface area contributed by atoms with Gasteiger partial charge in [0.15, 0.2) is 0 Å². The number of aromatic nitrogens is 1. The van der Waals surface area contributed by atoms with Gasteiger partial charge in [-0.15, -0.1) is 11.3 Å². The third kappa shape index (κ3) is 3.07. The zero-order valence-corrected chi connectivity index (χ0v) is 13.4. The van der Waals surface area contributed by atoms with Gasteiger partial charge >= 0.3 is 0 Å². The molecule has 0 bridgehead atoms. The van der Waals surface area contributed by atoms with Gasteiger partial charge in [-0.1, -0.05) is 6.07 Å². The second-order valence-corrected chi connectivity index (χ2v) is 6.77. The molecule has 3 nitrogen and oxygen atoms in total. The smallest absolute Gasteiger partial charge is 0.226 e. The van der Waals surface area contributed by atoms with Crippen LogP contribution in [0.2, 0.25) is 0 Å². The van der Waals surface area contributed by atoms with E-state index in [0.717, 1.165) is 24.3 Å². The number of likely N-dealkylation sites (tertiary alicyclic amines) is 1. The lowest BCUT2D eigenvalue weighted by atomic mass is 10.2. The molecule has 0 unspecified atom stereocenters. The molecule has 5 heteroatoms. The minimum Gasteiger partial charge on any atom is -0.444 e.